The first-order valence-electron chi connectivity index (χ1n) is 7.75. The second-order valence-corrected chi connectivity index (χ2v) is 8.18. The Morgan fingerprint density at radius 3 is 1.85 bits per heavy atom. The molecule has 1 aliphatic heterocycles. The number of imide groups is 1. The van der Waals surface area contributed by atoms with E-state index in [0.29, 0.717) is 22.6 Å². The molecule has 2 amide bonds. The lowest BCUT2D eigenvalue weighted by Crippen LogP contribution is -2.29. The van der Waals surface area contributed by atoms with Crippen LogP contribution in [0.5, 0.6) is 11.5 Å². The topological polar surface area (TPSA) is 46.6 Å². The zero-order valence-electron chi connectivity index (χ0n) is 13.3. The Kier molecular flexibility index (Phi) is 4.70. The van der Waals surface area contributed by atoms with Crippen LogP contribution in [0, 0.1) is 7.14 Å². The minimum absolute atomic E-state index is 0.296. The highest BCUT2D eigenvalue weighted by Crippen LogP contribution is 2.31. The normalized spacial score (nSPS) is 13.1. The molecule has 0 aromatic heterocycles. The van der Waals surface area contributed by atoms with Gasteiger partial charge < -0.3 is 4.74 Å². The summed E-state index contributed by atoms with van der Waals surface area (Å²) >= 11 is 4.36. The predicted molar refractivity (Wildman–Crippen MR) is 116 cm³/mol. The molecule has 0 saturated carbocycles. The molecule has 128 valence electrons. The van der Waals surface area contributed by atoms with Crippen LogP contribution in [-0.2, 0) is 0 Å². The van der Waals surface area contributed by atoms with Crippen molar-refractivity contribution in [1.82, 2.24) is 0 Å². The smallest absolute Gasteiger partial charge is 0.266 e. The number of hydrogen-bond donors (Lipinski definition) is 0. The summed E-state index contributed by atoms with van der Waals surface area (Å²) < 4.78 is 7.84. The lowest BCUT2D eigenvalue weighted by atomic mass is 10.1. The maximum Gasteiger partial charge on any atom is 0.266 e. The van der Waals surface area contributed by atoms with Crippen molar-refractivity contribution >= 4 is 62.7 Å². The number of hydrogen-bond acceptors (Lipinski definition) is 3. The van der Waals surface area contributed by atoms with E-state index in [9.17, 15) is 9.59 Å². The van der Waals surface area contributed by atoms with E-state index in [1.165, 1.54) is 4.90 Å². The summed E-state index contributed by atoms with van der Waals surface area (Å²) in [6, 6.07) is 19.9. The lowest BCUT2D eigenvalue weighted by Gasteiger charge is -2.14. The second kappa shape index (κ2) is 6.99. The Labute approximate surface area is 177 Å². The predicted octanol–water partition coefficient (Wildman–Crippen LogP) is 5.49. The van der Waals surface area contributed by atoms with Crippen molar-refractivity contribution in [3.63, 3.8) is 0 Å². The Hall–Kier alpha value is -1.94. The van der Waals surface area contributed by atoms with E-state index in [-0.39, 0.29) is 11.8 Å². The maximum absolute atomic E-state index is 12.6. The number of carbonyl (C=O) groups is 2. The minimum Gasteiger partial charge on any atom is -0.457 e. The molecule has 0 atom stereocenters. The van der Waals surface area contributed by atoms with Gasteiger partial charge in [0.05, 0.1) is 16.8 Å². The summed E-state index contributed by atoms with van der Waals surface area (Å²) in [6.07, 6.45) is 0. The highest BCUT2D eigenvalue weighted by Gasteiger charge is 2.36. The average Bonchev–Trinajstić information content (AvgIpc) is 2.88. The number of ether oxygens (including phenoxy) is 1. The molecule has 1 aliphatic rings. The van der Waals surface area contributed by atoms with Crippen LogP contribution in [0.2, 0.25) is 0 Å². The van der Waals surface area contributed by atoms with E-state index in [4.69, 9.17) is 4.74 Å². The van der Waals surface area contributed by atoms with Gasteiger partial charge in [0.2, 0.25) is 0 Å². The summed E-state index contributed by atoms with van der Waals surface area (Å²) in [5.74, 6) is 0.775. The van der Waals surface area contributed by atoms with E-state index in [1.807, 2.05) is 30.3 Å². The van der Waals surface area contributed by atoms with Crippen LogP contribution in [0.25, 0.3) is 0 Å². The first kappa shape index (κ1) is 17.5. The molecule has 1 heterocycles. The summed E-state index contributed by atoms with van der Waals surface area (Å²) in [7, 11) is 0. The second-order valence-electron chi connectivity index (χ2n) is 5.69. The molecule has 0 radical (unpaired) electrons. The van der Waals surface area contributed by atoms with Crippen LogP contribution >= 0.6 is 45.2 Å². The first-order valence-corrected chi connectivity index (χ1v) is 9.90. The number of rotatable bonds is 3. The largest absolute Gasteiger partial charge is 0.457 e. The van der Waals surface area contributed by atoms with Gasteiger partial charge in [0.15, 0.2) is 0 Å². The highest BCUT2D eigenvalue weighted by atomic mass is 127. The van der Waals surface area contributed by atoms with Gasteiger partial charge in [0, 0.05) is 7.14 Å². The number of nitrogens with zero attached hydrogens (tertiary/aromatic N) is 1. The summed E-state index contributed by atoms with van der Waals surface area (Å²) in [5, 5.41) is 0. The van der Waals surface area contributed by atoms with Gasteiger partial charge >= 0.3 is 0 Å². The van der Waals surface area contributed by atoms with Crippen LogP contribution in [0.3, 0.4) is 0 Å². The van der Waals surface area contributed by atoms with Crippen LogP contribution in [0.4, 0.5) is 5.69 Å². The Morgan fingerprint density at radius 2 is 1.19 bits per heavy atom. The number of fused-ring (bicyclic) bond motifs is 1. The zero-order chi connectivity index (χ0) is 18.3. The number of benzene rings is 3. The van der Waals surface area contributed by atoms with Gasteiger partial charge in [-0.25, -0.2) is 4.90 Å². The monoisotopic (exact) mass is 567 g/mol. The van der Waals surface area contributed by atoms with Crippen molar-refractivity contribution in [1.29, 1.82) is 0 Å². The number of anilines is 1. The molecule has 3 aromatic rings. The van der Waals surface area contributed by atoms with Gasteiger partial charge in [0.25, 0.3) is 11.8 Å². The zero-order valence-corrected chi connectivity index (χ0v) is 17.6. The van der Waals surface area contributed by atoms with Gasteiger partial charge in [-0.15, -0.1) is 0 Å². The molecule has 0 N–H and O–H groups in total. The van der Waals surface area contributed by atoms with Crippen molar-refractivity contribution in [3.8, 4) is 11.5 Å². The molecular formula is C20H11I2NO3. The van der Waals surface area contributed by atoms with Crippen molar-refractivity contribution in [2.45, 2.75) is 0 Å². The van der Waals surface area contributed by atoms with Crippen molar-refractivity contribution in [3.05, 3.63) is 85.0 Å². The van der Waals surface area contributed by atoms with E-state index in [2.05, 4.69) is 45.2 Å². The number of halogens is 2. The third-order valence-electron chi connectivity index (χ3n) is 3.99. The molecule has 0 unspecified atom stereocenters. The van der Waals surface area contributed by atoms with Gasteiger partial charge in [-0.1, -0.05) is 0 Å². The molecule has 6 heteroatoms. The molecule has 26 heavy (non-hydrogen) atoms. The van der Waals surface area contributed by atoms with Gasteiger partial charge in [0.1, 0.15) is 11.5 Å². The maximum atomic E-state index is 12.6. The van der Waals surface area contributed by atoms with Gasteiger partial charge in [-0.2, -0.15) is 0 Å². The summed E-state index contributed by atoms with van der Waals surface area (Å²) in [4.78, 5) is 26.4. The van der Waals surface area contributed by atoms with E-state index >= 15 is 0 Å². The molecule has 4 rings (SSSR count). The molecule has 0 saturated heterocycles. The summed E-state index contributed by atoms with van der Waals surface area (Å²) in [6.45, 7) is 0. The Balaban J connectivity index is 1.58. The van der Waals surface area contributed by atoms with Crippen LogP contribution in [0.1, 0.15) is 20.7 Å². The number of carbonyl (C=O) groups excluding carboxylic acids is 2. The fourth-order valence-corrected chi connectivity index (χ4v) is 3.60. The molecule has 0 bridgehead atoms. The highest BCUT2D eigenvalue weighted by molar-refractivity contribution is 14.1. The molecule has 4 nitrogen and oxygen atoms in total. The first-order chi connectivity index (χ1) is 12.5. The SMILES string of the molecule is O=C1c2ccc(I)cc2C(=O)N1c1ccc(Oc2ccc(I)cc2)cc1. The molecular weight excluding hydrogens is 556 g/mol. The molecule has 0 spiro atoms. The van der Waals surface area contributed by atoms with E-state index in [0.717, 1.165) is 12.9 Å². The standard InChI is InChI=1S/C20H11I2NO3/c21-12-1-6-15(7-2-12)26-16-8-4-14(5-9-16)23-19(24)17-10-3-13(22)11-18(17)20(23)25/h1-11H. The van der Waals surface area contributed by atoms with Crippen LogP contribution in [-0.4, -0.2) is 11.8 Å². The fourth-order valence-electron chi connectivity index (χ4n) is 2.75. The molecule has 0 fully saturated rings. The van der Waals surface area contributed by atoms with Gasteiger partial charge in [-0.3, -0.25) is 9.59 Å². The van der Waals surface area contributed by atoms with E-state index in [1.54, 1.807) is 36.4 Å². The molecule has 3 aromatic carbocycles. The Morgan fingerprint density at radius 1 is 0.654 bits per heavy atom. The third kappa shape index (κ3) is 3.23. The minimum atomic E-state index is -0.298. The average molecular weight is 567 g/mol. The number of amides is 2. The van der Waals surface area contributed by atoms with Crippen LogP contribution < -0.4 is 9.64 Å². The van der Waals surface area contributed by atoms with Crippen molar-refractivity contribution < 1.29 is 14.3 Å². The third-order valence-corrected chi connectivity index (χ3v) is 5.38. The van der Waals surface area contributed by atoms with Crippen LogP contribution in [0.15, 0.2) is 66.7 Å². The fraction of sp³-hybridized carbons (Fsp3) is 0. The van der Waals surface area contributed by atoms with E-state index < -0.39 is 0 Å². The Bertz CT molecular complexity index is 1010. The lowest BCUT2D eigenvalue weighted by molar-refractivity contribution is 0.0926. The quantitative estimate of drug-likeness (QED) is 0.311. The van der Waals surface area contributed by atoms with Crippen molar-refractivity contribution in [2.24, 2.45) is 0 Å². The molecule has 0 aliphatic carbocycles. The van der Waals surface area contributed by atoms with Gasteiger partial charge in [-0.05, 0) is 112 Å². The summed E-state index contributed by atoms with van der Waals surface area (Å²) in [5.41, 5.74) is 1.41. The van der Waals surface area contributed by atoms with Crippen molar-refractivity contribution in [2.75, 3.05) is 4.90 Å².